The van der Waals surface area contributed by atoms with Gasteiger partial charge in [-0.2, -0.15) is 0 Å². The third-order valence-electron chi connectivity index (χ3n) is 3.15. The quantitative estimate of drug-likeness (QED) is 0.651. The number of anilines is 1. The highest BCUT2D eigenvalue weighted by molar-refractivity contribution is 7.80. The average Bonchev–Trinajstić information content (AvgIpc) is 2.55. The van der Waals surface area contributed by atoms with Crippen LogP contribution in [0.5, 0.6) is 5.75 Å². The highest BCUT2D eigenvalue weighted by Gasteiger charge is 2.04. The molecule has 0 radical (unpaired) electrons. The second kappa shape index (κ2) is 8.36. The predicted molar refractivity (Wildman–Crippen MR) is 93.1 cm³/mol. The number of ether oxygens (including phenoxy) is 1. The molecule has 22 heavy (non-hydrogen) atoms. The summed E-state index contributed by atoms with van der Waals surface area (Å²) in [6, 6.07) is 18.0. The SMILES string of the molecule is CON(C)C(=S)Nc1cccc(OCCc2ccccc2)c1. The van der Waals surface area contributed by atoms with E-state index in [1.54, 1.807) is 14.2 Å². The van der Waals surface area contributed by atoms with Crippen molar-refractivity contribution in [2.45, 2.75) is 6.42 Å². The molecule has 2 rings (SSSR count). The van der Waals surface area contributed by atoms with Crippen molar-refractivity contribution in [1.29, 1.82) is 0 Å². The van der Waals surface area contributed by atoms with Crippen LogP contribution in [0.1, 0.15) is 5.56 Å². The Balaban J connectivity index is 1.87. The Morgan fingerprint density at radius 1 is 1.14 bits per heavy atom. The third kappa shape index (κ3) is 5.02. The van der Waals surface area contributed by atoms with E-state index >= 15 is 0 Å². The summed E-state index contributed by atoms with van der Waals surface area (Å²) in [6.07, 6.45) is 0.878. The molecule has 0 unspecified atom stereocenters. The van der Waals surface area contributed by atoms with E-state index < -0.39 is 0 Å². The largest absolute Gasteiger partial charge is 0.493 e. The summed E-state index contributed by atoms with van der Waals surface area (Å²) in [5.41, 5.74) is 2.13. The van der Waals surface area contributed by atoms with Crippen molar-refractivity contribution in [2.75, 3.05) is 26.1 Å². The lowest BCUT2D eigenvalue weighted by molar-refractivity contribution is -0.0391. The van der Waals surface area contributed by atoms with Crippen molar-refractivity contribution >= 4 is 23.0 Å². The summed E-state index contributed by atoms with van der Waals surface area (Å²) < 4.78 is 5.79. The molecule has 0 fully saturated rings. The van der Waals surface area contributed by atoms with Gasteiger partial charge in [0.2, 0.25) is 0 Å². The molecule has 0 saturated heterocycles. The normalized spacial score (nSPS) is 10.1. The summed E-state index contributed by atoms with van der Waals surface area (Å²) in [5, 5.41) is 5.07. The highest BCUT2D eigenvalue weighted by atomic mass is 32.1. The van der Waals surface area contributed by atoms with Gasteiger partial charge in [-0.05, 0) is 29.9 Å². The van der Waals surface area contributed by atoms with Crippen molar-refractivity contribution in [3.05, 3.63) is 60.2 Å². The molecule has 2 aromatic carbocycles. The maximum absolute atomic E-state index is 5.79. The smallest absolute Gasteiger partial charge is 0.197 e. The van der Waals surface area contributed by atoms with Gasteiger partial charge in [-0.1, -0.05) is 36.4 Å². The summed E-state index contributed by atoms with van der Waals surface area (Å²) in [4.78, 5) is 5.03. The first-order chi connectivity index (χ1) is 10.7. The van der Waals surface area contributed by atoms with Crippen LogP contribution in [0.3, 0.4) is 0 Å². The molecular formula is C17H20N2O2S. The lowest BCUT2D eigenvalue weighted by Gasteiger charge is -2.18. The Labute approximate surface area is 136 Å². The van der Waals surface area contributed by atoms with E-state index in [1.165, 1.54) is 10.6 Å². The monoisotopic (exact) mass is 316 g/mol. The molecule has 0 saturated carbocycles. The van der Waals surface area contributed by atoms with Gasteiger partial charge in [0, 0.05) is 25.2 Å². The first-order valence-corrected chi connectivity index (χ1v) is 7.45. The minimum Gasteiger partial charge on any atom is -0.493 e. The molecule has 0 amide bonds. The summed E-state index contributed by atoms with van der Waals surface area (Å²) in [7, 11) is 3.31. The van der Waals surface area contributed by atoms with Gasteiger partial charge in [0.1, 0.15) is 5.75 Å². The van der Waals surface area contributed by atoms with Crippen LogP contribution in [0.15, 0.2) is 54.6 Å². The van der Waals surface area contributed by atoms with E-state index in [0.717, 1.165) is 17.9 Å². The van der Waals surface area contributed by atoms with Crippen molar-refractivity contribution < 1.29 is 9.57 Å². The van der Waals surface area contributed by atoms with Crippen LogP contribution in [-0.2, 0) is 11.3 Å². The van der Waals surface area contributed by atoms with Crippen molar-refractivity contribution in [3.8, 4) is 5.75 Å². The lowest BCUT2D eigenvalue weighted by atomic mass is 10.2. The zero-order valence-corrected chi connectivity index (χ0v) is 13.6. The minimum absolute atomic E-state index is 0.490. The number of thiocarbonyl (C=S) groups is 1. The maximum atomic E-state index is 5.79. The van der Waals surface area contributed by atoms with E-state index in [4.69, 9.17) is 21.8 Å². The first kappa shape index (κ1) is 16.3. The van der Waals surface area contributed by atoms with Crippen LogP contribution in [-0.4, -0.2) is 30.9 Å². The zero-order chi connectivity index (χ0) is 15.8. The highest BCUT2D eigenvalue weighted by Crippen LogP contribution is 2.18. The molecule has 1 N–H and O–H groups in total. The van der Waals surface area contributed by atoms with Gasteiger partial charge in [-0.3, -0.25) is 4.84 Å². The van der Waals surface area contributed by atoms with Crippen molar-refractivity contribution in [1.82, 2.24) is 5.06 Å². The summed E-state index contributed by atoms with van der Waals surface area (Å²) in [5.74, 6) is 0.809. The standard InChI is InChI=1S/C17H20N2O2S/c1-19(20-2)17(22)18-15-9-6-10-16(13-15)21-12-11-14-7-4-3-5-8-14/h3-10,13H,11-12H2,1-2H3,(H,18,22). The summed E-state index contributed by atoms with van der Waals surface area (Å²) in [6.45, 7) is 0.635. The van der Waals surface area contributed by atoms with E-state index in [9.17, 15) is 0 Å². The van der Waals surface area contributed by atoms with Crippen molar-refractivity contribution in [2.24, 2.45) is 0 Å². The van der Waals surface area contributed by atoms with Crippen LogP contribution in [0.2, 0.25) is 0 Å². The maximum Gasteiger partial charge on any atom is 0.197 e. The topological polar surface area (TPSA) is 33.7 Å². The van der Waals surface area contributed by atoms with Crippen LogP contribution in [0.25, 0.3) is 0 Å². The number of nitrogens with one attached hydrogen (secondary N) is 1. The molecule has 0 aromatic heterocycles. The van der Waals surface area contributed by atoms with Crippen molar-refractivity contribution in [3.63, 3.8) is 0 Å². The molecule has 2 aromatic rings. The Morgan fingerprint density at radius 2 is 1.91 bits per heavy atom. The number of hydroxylamine groups is 2. The fourth-order valence-corrected chi connectivity index (χ4v) is 2.07. The molecule has 0 atom stereocenters. The minimum atomic E-state index is 0.490. The van der Waals surface area contributed by atoms with Crippen LogP contribution in [0, 0.1) is 0 Å². The van der Waals surface area contributed by atoms with Gasteiger partial charge >= 0.3 is 0 Å². The third-order valence-corrected chi connectivity index (χ3v) is 3.51. The molecule has 0 heterocycles. The Hall–Kier alpha value is -2.11. The van der Waals surface area contributed by atoms with Gasteiger partial charge in [-0.25, -0.2) is 5.06 Å². The lowest BCUT2D eigenvalue weighted by Crippen LogP contribution is -2.29. The molecule has 0 spiro atoms. The predicted octanol–water partition coefficient (Wildman–Crippen LogP) is 3.50. The molecule has 0 aliphatic carbocycles. The molecule has 4 nitrogen and oxygen atoms in total. The van der Waals surface area contributed by atoms with E-state index in [-0.39, 0.29) is 0 Å². The average molecular weight is 316 g/mol. The van der Waals surface area contributed by atoms with E-state index in [1.807, 2.05) is 42.5 Å². The van der Waals surface area contributed by atoms with Gasteiger partial charge in [0.25, 0.3) is 0 Å². The fraction of sp³-hybridized carbons (Fsp3) is 0.235. The Bertz CT molecular complexity index is 605. The Kier molecular flexibility index (Phi) is 6.18. The molecule has 0 aliphatic rings. The molecule has 0 bridgehead atoms. The Morgan fingerprint density at radius 3 is 2.64 bits per heavy atom. The number of hydrogen-bond donors (Lipinski definition) is 1. The van der Waals surface area contributed by atoms with Gasteiger partial charge in [-0.15, -0.1) is 0 Å². The molecule has 5 heteroatoms. The van der Waals surface area contributed by atoms with Gasteiger partial charge in [0.15, 0.2) is 5.11 Å². The molecule has 116 valence electrons. The second-order valence-electron chi connectivity index (χ2n) is 4.72. The van der Waals surface area contributed by atoms with E-state index in [0.29, 0.717) is 11.7 Å². The number of rotatable bonds is 6. The molecule has 0 aliphatic heterocycles. The number of nitrogens with zero attached hydrogens (tertiary/aromatic N) is 1. The van der Waals surface area contributed by atoms with Gasteiger partial charge < -0.3 is 10.1 Å². The first-order valence-electron chi connectivity index (χ1n) is 7.04. The van der Waals surface area contributed by atoms with Crippen LogP contribution in [0.4, 0.5) is 5.69 Å². The van der Waals surface area contributed by atoms with Crippen LogP contribution >= 0.6 is 12.2 Å². The van der Waals surface area contributed by atoms with E-state index in [2.05, 4.69) is 17.4 Å². The molecular weight excluding hydrogens is 296 g/mol. The zero-order valence-electron chi connectivity index (χ0n) is 12.8. The fourth-order valence-electron chi connectivity index (χ4n) is 1.88. The number of benzene rings is 2. The van der Waals surface area contributed by atoms with Crippen LogP contribution < -0.4 is 10.1 Å². The number of hydrogen-bond acceptors (Lipinski definition) is 3. The van der Waals surface area contributed by atoms with Gasteiger partial charge in [0.05, 0.1) is 13.7 Å². The second-order valence-corrected chi connectivity index (χ2v) is 5.11. The summed E-state index contributed by atoms with van der Waals surface area (Å²) >= 11 is 5.20.